The lowest BCUT2D eigenvalue weighted by Crippen LogP contribution is -2.40. The summed E-state index contributed by atoms with van der Waals surface area (Å²) in [5.41, 5.74) is 2.60. The van der Waals surface area contributed by atoms with Crippen molar-refractivity contribution in [3.05, 3.63) is 41.2 Å². The number of aromatic nitrogens is 2. The minimum absolute atomic E-state index is 0.0803. The van der Waals surface area contributed by atoms with Crippen molar-refractivity contribution in [1.29, 1.82) is 0 Å². The second kappa shape index (κ2) is 8.01. The van der Waals surface area contributed by atoms with Crippen molar-refractivity contribution in [3.8, 4) is 11.5 Å². The van der Waals surface area contributed by atoms with Gasteiger partial charge in [0, 0.05) is 25.7 Å². The number of piperidine rings is 1. The summed E-state index contributed by atoms with van der Waals surface area (Å²) in [4.78, 5) is 24.4. The van der Waals surface area contributed by atoms with Gasteiger partial charge in [-0.1, -0.05) is 19.9 Å². The summed E-state index contributed by atoms with van der Waals surface area (Å²) in [6.45, 7) is 6.49. The van der Waals surface area contributed by atoms with Crippen molar-refractivity contribution >= 4 is 11.7 Å². The van der Waals surface area contributed by atoms with Gasteiger partial charge >= 0.3 is 0 Å². The zero-order chi connectivity index (χ0) is 20.5. The van der Waals surface area contributed by atoms with E-state index in [1.165, 1.54) is 6.42 Å². The fraction of sp³-hybridized carbons (Fsp3) is 0.522. The van der Waals surface area contributed by atoms with E-state index in [-0.39, 0.29) is 11.7 Å². The number of benzene rings is 1. The maximum atomic E-state index is 12.8. The maximum absolute atomic E-state index is 12.8. The van der Waals surface area contributed by atoms with Gasteiger partial charge in [0.15, 0.2) is 17.3 Å². The number of ketones is 1. The molecule has 29 heavy (non-hydrogen) atoms. The lowest BCUT2D eigenvalue weighted by atomic mass is 9.82. The minimum Gasteiger partial charge on any atom is -0.493 e. The summed E-state index contributed by atoms with van der Waals surface area (Å²) < 4.78 is 10.8. The van der Waals surface area contributed by atoms with E-state index in [9.17, 15) is 4.79 Å². The van der Waals surface area contributed by atoms with Crippen LogP contribution in [0.15, 0.2) is 24.4 Å². The van der Waals surface area contributed by atoms with Gasteiger partial charge in [0.1, 0.15) is 0 Å². The number of ether oxygens (including phenoxy) is 2. The van der Waals surface area contributed by atoms with Gasteiger partial charge in [-0.25, -0.2) is 9.97 Å². The van der Waals surface area contributed by atoms with Crippen LogP contribution in [0.2, 0.25) is 0 Å². The molecule has 1 aliphatic carbocycles. The second-order valence-electron chi connectivity index (χ2n) is 8.52. The molecule has 154 valence electrons. The molecule has 0 bridgehead atoms. The van der Waals surface area contributed by atoms with Crippen LogP contribution in [0.25, 0.3) is 0 Å². The topological polar surface area (TPSA) is 64.5 Å². The van der Waals surface area contributed by atoms with Gasteiger partial charge in [0.2, 0.25) is 5.95 Å². The van der Waals surface area contributed by atoms with Crippen LogP contribution in [0, 0.1) is 11.8 Å². The van der Waals surface area contributed by atoms with E-state index in [0.29, 0.717) is 35.3 Å². The second-order valence-corrected chi connectivity index (χ2v) is 8.52. The van der Waals surface area contributed by atoms with Gasteiger partial charge in [0.25, 0.3) is 0 Å². The number of carbonyl (C=O) groups is 1. The first-order valence-corrected chi connectivity index (χ1v) is 10.3. The zero-order valence-electron chi connectivity index (χ0n) is 17.6. The highest BCUT2D eigenvalue weighted by Gasteiger charge is 2.30. The van der Waals surface area contributed by atoms with E-state index >= 15 is 0 Å². The molecule has 1 aromatic carbocycles. The number of fused-ring (bicyclic) bond motifs is 1. The first-order valence-electron chi connectivity index (χ1n) is 10.3. The Kier molecular flexibility index (Phi) is 5.43. The largest absolute Gasteiger partial charge is 0.493 e. The van der Waals surface area contributed by atoms with Gasteiger partial charge in [0.05, 0.1) is 25.5 Å². The summed E-state index contributed by atoms with van der Waals surface area (Å²) >= 11 is 0. The van der Waals surface area contributed by atoms with Crippen LogP contribution in [0.3, 0.4) is 0 Å². The summed E-state index contributed by atoms with van der Waals surface area (Å²) in [7, 11) is 3.25. The highest BCUT2D eigenvalue weighted by atomic mass is 16.5. The van der Waals surface area contributed by atoms with Crippen molar-refractivity contribution in [3.63, 3.8) is 0 Å². The fourth-order valence-electron chi connectivity index (χ4n) is 4.76. The van der Waals surface area contributed by atoms with E-state index in [1.54, 1.807) is 20.4 Å². The molecule has 1 aromatic heterocycles. The molecular weight excluding hydrogens is 366 g/mol. The third-order valence-electron chi connectivity index (χ3n) is 6.06. The molecule has 0 N–H and O–H groups in total. The maximum Gasteiger partial charge on any atom is 0.225 e. The number of methoxy groups -OCH3 is 2. The number of carbonyl (C=O) groups excluding carboxylic acids is 1. The molecule has 2 aliphatic rings. The Hall–Kier alpha value is -2.63. The summed E-state index contributed by atoms with van der Waals surface area (Å²) in [6, 6.07) is 5.88. The Morgan fingerprint density at radius 2 is 1.76 bits per heavy atom. The van der Waals surface area contributed by atoms with Crippen LogP contribution in [0.5, 0.6) is 11.5 Å². The van der Waals surface area contributed by atoms with Crippen molar-refractivity contribution < 1.29 is 14.3 Å². The lowest BCUT2D eigenvalue weighted by Gasteiger charge is -2.35. The predicted octanol–water partition coefficient (Wildman–Crippen LogP) is 3.89. The van der Waals surface area contributed by atoms with Crippen LogP contribution in [0.1, 0.15) is 54.2 Å². The third kappa shape index (κ3) is 3.93. The van der Waals surface area contributed by atoms with Crippen molar-refractivity contribution in [2.24, 2.45) is 11.8 Å². The Morgan fingerprint density at radius 3 is 2.45 bits per heavy atom. The first-order chi connectivity index (χ1) is 14.0. The Balaban J connectivity index is 1.62. The summed E-state index contributed by atoms with van der Waals surface area (Å²) in [6.07, 6.45) is 4.16. The molecule has 2 heterocycles. The summed E-state index contributed by atoms with van der Waals surface area (Å²) in [5, 5.41) is 0. The molecule has 0 radical (unpaired) electrons. The third-order valence-corrected chi connectivity index (χ3v) is 6.06. The van der Waals surface area contributed by atoms with Crippen molar-refractivity contribution in [2.45, 2.75) is 39.0 Å². The van der Waals surface area contributed by atoms with Crippen LogP contribution >= 0.6 is 0 Å². The lowest BCUT2D eigenvalue weighted by molar-refractivity contribution is 0.0962. The number of hydrogen-bond acceptors (Lipinski definition) is 6. The fourth-order valence-corrected chi connectivity index (χ4v) is 4.76. The number of anilines is 1. The molecule has 0 spiro atoms. The Bertz CT molecular complexity index is 904. The molecule has 4 rings (SSSR count). The van der Waals surface area contributed by atoms with E-state index in [4.69, 9.17) is 14.5 Å². The molecule has 6 heteroatoms. The number of nitrogens with zero attached hydrogens (tertiary/aromatic N) is 3. The SMILES string of the molecule is COc1ccc([C@H]2CC(=O)c3cnc(N4C[C@H](C)C[C@@H](C)C4)nc3C2)cc1OC. The van der Waals surface area contributed by atoms with Crippen LogP contribution < -0.4 is 14.4 Å². The van der Waals surface area contributed by atoms with Gasteiger partial charge < -0.3 is 14.4 Å². The van der Waals surface area contributed by atoms with E-state index in [2.05, 4.69) is 23.7 Å². The van der Waals surface area contributed by atoms with E-state index < -0.39 is 0 Å². The molecule has 1 aliphatic heterocycles. The monoisotopic (exact) mass is 395 g/mol. The first kappa shape index (κ1) is 19.7. The quantitative estimate of drug-likeness (QED) is 0.783. The molecule has 0 saturated carbocycles. The molecule has 0 unspecified atom stereocenters. The van der Waals surface area contributed by atoms with Crippen LogP contribution in [0.4, 0.5) is 5.95 Å². The Labute approximate surface area is 172 Å². The average Bonchev–Trinajstić information content (AvgIpc) is 2.72. The molecule has 1 saturated heterocycles. The van der Waals surface area contributed by atoms with Gasteiger partial charge in [-0.05, 0) is 48.3 Å². The molecular formula is C23H29N3O3. The van der Waals surface area contributed by atoms with Crippen LogP contribution in [-0.2, 0) is 6.42 Å². The van der Waals surface area contributed by atoms with E-state index in [1.807, 2.05) is 18.2 Å². The Morgan fingerprint density at radius 1 is 1.03 bits per heavy atom. The highest BCUT2D eigenvalue weighted by Crippen LogP contribution is 2.37. The van der Waals surface area contributed by atoms with Crippen molar-refractivity contribution in [1.82, 2.24) is 9.97 Å². The standard InChI is InChI=1S/C23H29N3O3/c1-14-7-15(2)13-26(12-14)23-24-11-18-19(25-23)8-17(9-20(18)27)16-5-6-21(28-3)22(10-16)29-4/h5-6,10-11,14-15,17H,7-9,12-13H2,1-4H3/t14-,15-,17-/m1/s1. The highest BCUT2D eigenvalue weighted by molar-refractivity contribution is 5.98. The minimum atomic E-state index is 0.0803. The molecule has 2 aromatic rings. The van der Waals surface area contributed by atoms with Crippen molar-refractivity contribution in [2.75, 3.05) is 32.2 Å². The van der Waals surface area contributed by atoms with Gasteiger partial charge in [-0.15, -0.1) is 0 Å². The zero-order valence-corrected chi connectivity index (χ0v) is 17.6. The number of rotatable bonds is 4. The average molecular weight is 396 g/mol. The molecule has 6 nitrogen and oxygen atoms in total. The molecule has 3 atom stereocenters. The van der Waals surface area contributed by atoms with Gasteiger partial charge in [-0.3, -0.25) is 4.79 Å². The molecule has 0 amide bonds. The summed E-state index contributed by atoms with van der Waals surface area (Å²) in [5.74, 6) is 3.57. The normalized spacial score (nSPS) is 24.2. The van der Waals surface area contributed by atoms with E-state index in [0.717, 1.165) is 36.7 Å². The van der Waals surface area contributed by atoms with Gasteiger partial charge in [-0.2, -0.15) is 0 Å². The van der Waals surface area contributed by atoms with Crippen LogP contribution in [-0.4, -0.2) is 43.1 Å². The number of hydrogen-bond donors (Lipinski definition) is 0. The molecule has 1 fully saturated rings. The predicted molar refractivity (Wildman–Crippen MR) is 112 cm³/mol. The number of Topliss-reactive ketones (excluding diaryl/α,β-unsaturated/α-hetero) is 1. The smallest absolute Gasteiger partial charge is 0.225 e.